The molecule has 0 radical (unpaired) electrons. The van der Waals surface area contributed by atoms with E-state index in [-0.39, 0.29) is 5.91 Å². The summed E-state index contributed by atoms with van der Waals surface area (Å²) in [6.45, 7) is 4.13. The summed E-state index contributed by atoms with van der Waals surface area (Å²) >= 11 is 0. The zero-order valence-corrected chi connectivity index (χ0v) is 19.8. The van der Waals surface area contributed by atoms with Crippen LogP contribution in [0.1, 0.15) is 71.1 Å². The largest absolute Gasteiger partial charge is 0.351 e. The van der Waals surface area contributed by atoms with Crippen LogP contribution in [0.3, 0.4) is 0 Å². The Kier molecular flexibility index (Phi) is 17.2. The van der Waals surface area contributed by atoms with E-state index in [1.165, 1.54) is 64.2 Å². The van der Waals surface area contributed by atoms with Crippen molar-refractivity contribution in [3.8, 4) is 0 Å². The number of allylic oxidation sites excluding steroid dienone is 11. The van der Waals surface area contributed by atoms with E-state index in [1.807, 2.05) is 42.5 Å². The Morgan fingerprint density at radius 2 is 1.42 bits per heavy atom. The van der Waals surface area contributed by atoms with Crippen LogP contribution in [0.5, 0.6) is 0 Å². The number of unbranched alkanes of at least 4 members (excludes halogenated alkanes) is 7. The van der Waals surface area contributed by atoms with Gasteiger partial charge in [-0.25, -0.2) is 0 Å². The highest BCUT2D eigenvalue weighted by Gasteiger charge is 2.20. The van der Waals surface area contributed by atoms with Crippen molar-refractivity contribution in [1.82, 2.24) is 10.2 Å². The van der Waals surface area contributed by atoms with Crippen molar-refractivity contribution in [1.29, 1.82) is 0 Å². The van der Waals surface area contributed by atoms with Gasteiger partial charge in [0.1, 0.15) is 0 Å². The molecule has 0 aromatic heterocycles. The second kappa shape index (κ2) is 19.8. The van der Waals surface area contributed by atoms with Gasteiger partial charge in [-0.15, -0.1) is 0 Å². The van der Waals surface area contributed by atoms with Gasteiger partial charge in [-0.05, 0) is 39.3 Å². The molecule has 1 heterocycles. The van der Waals surface area contributed by atoms with E-state index in [4.69, 9.17) is 0 Å². The molecule has 0 aromatic rings. The number of nitrogens with zero attached hydrogens (tertiary/aromatic N) is 1. The molecule has 1 atom stereocenters. The van der Waals surface area contributed by atoms with Crippen LogP contribution in [0, 0.1) is 0 Å². The van der Waals surface area contributed by atoms with Crippen LogP contribution >= 0.6 is 0 Å². The number of carbonyl (C=O) groups is 1. The predicted octanol–water partition coefficient (Wildman–Crippen LogP) is 6.67. The van der Waals surface area contributed by atoms with E-state index in [1.54, 1.807) is 12.2 Å². The number of hydrogen-bond acceptors (Lipinski definition) is 2. The molecule has 172 valence electrons. The topological polar surface area (TPSA) is 32.3 Å². The van der Waals surface area contributed by atoms with Gasteiger partial charge in [-0.3, -0.25) is 4.79 Å². The Morgan fingerprint density at radius 3 is 2.03 bits per heavy atom. The third-order valence-corrected chi connectivity index (χ3v) is 5.54. The van der Waals surface area contributed by atoms with Gasteiger partial charge in [0.15, 0.2) is 0 Å². The van der Waals surface area contributed by atoms with E-state index >= 15 is 0 Å². The fraction of sp³-hybridized carbons (Fsp3) is 0.536. The average Bonchev–Trinajstić information content (AvgIpc) is 3.18. The van der Waals surface area contributed by atoms with Crippen LogP contribution in [0.4, 0.5) is 0 Å². The van der Waals surface area contributed by atoms with Gasteiger partial charge in [0, 0.05) is 18.7 Å². The van der Waals surface area contributed by atoms with Gasteiger partial charge in [-0.2, -0.15) is 0 Å². The maximum absolute atomic E-state index is 11.8. The monoisotopic (exact) mass is 424 g/mol. The van der Waals surface area contributed by atoms with Gasteiger partial charge in [-0.1, -0.05) is 112 Å². The molecule has 31 heavy (non-hydrogen) atoms. The Bertz CT molecular complexity index is 625. The Morgan fingerprint density at radius 1 is 0.839 bits per heavy atom. The molecule has 1 aliphatic heterocycles. The molecule has 1 unspecified atom stereocenters. The second-order valence-electron chi connectivity index (χ2n) is 8.26. The van der Waals surface area contributed by atoms with Crippen molar-refractivity contribution >= 4 is 5.91 Å². The van der Waals surface area contributed by atoms with Crippen LogP contribution in [-0.4, -0.2) is 37.0 Å². The number of hydrogen-bond donors (Lipinski definition) is 1. The quantitative estimate of drug-likeness (QED) is 0.170. The highest BCUT2D eigenvalue weighted by Crippen LogP contribution is 2.13. The number of likely N-dealkylation sites (N-methyl/N-ethyl adjacent to an activating group) is 1. The van der Waals surface area contributed by atoms with E-state index in [2.05, 4.69) is 42.4 Å². The minimum Gasteiger partial charge on any atom is -0.351 e. The fourth-order valence-electron chi connectivity index (χ4n) is 3.56. The molecule has 0 bridgehead atoms. The minimum absolute atomic E-state index is 0.0287. The zero-order valence-electron chi connectivity index (χ0n) is 19.8. The molecule has 1 saturated heterocycles. The van der Waals surface area contributed by atoms with Gasteiger partial charge in [0.05, 0.1) is 0 Å². The summed E-state index contributed by atoms with van der Waals surface area (Å²) in [6.07, 6.45) is 36.7. The lowest BCUT2D eigenvalue weighted by molar-refractivity contribution is -0.116. The van der Waals surface area contributed by atoms with Crippen LogP contribution in [0.2, 0.25) is 0 Å². The number of nitrogens with one attached hydrogen (secondary N) is 1. The summed E-state index contributed by atoms with van der Waals surface area (Å²) in [5, 5.41) is 2.97. The molecule has 0 spiro atoms. The number of carbonyl (C=O) groups excluding carboxylic acids is 1. The molecular weight excluding hydrogens is 380 g/mol. The van der Waals surface area contributed by atoms with E-state index < -0.39 is 0 Å². The first-order valence-electron chi connectivity index (χ1n) is 12.2. The first kappa shape index (κ1) is 26.9. The van der Waals surface area contributed by atoms with E-state index in [9.17, 15) is 4.79 Å². The normalized spacial score (nSPS) is 18.3. The van der Waals surface area contributed by atoms with Crippen LogP contribution < -0.4 is 5.32 Å². The maximum atomic E-state index is 11.8. The smallest absolute Gasteiger partial charge is 0.244 e. The minimum atomic E-state index is -0.0287. The molecule has 0 aliphatic carbocycles. The molecule has 1 amide bonds. The van der Waals surface area contributed by atoms with Crippen molar-refractivity contribution in [2.45, 2.75) is 77.2 Å². The molecule has 1 fully saturated rings. The van der Waals surface area contributed by atoms with Gasteiger partial charge < -0.3 is 10.2 Å². The van der Waals surface area contributed by atoms with Crippen LogP contribution in [0.15, 0.2) is 72.9 Å². The van der Waals surface area contributed by atoms with Crippen LogP contribution in [-0.2, 0) is 4.79 Å². The Labute approximate surface area is 191 Å². The zero-order chi connectivity index (χ0) is 22.4. The molecule has 3 heteroatoms. The number of amides is 1. The van der Waals surface area contributed by atoms with Crippen molar-refractivity contribution in [3.05, 3.63) is 72.9 Å². The van der Waals surface area contributed by atoms with Crippen molar-refractivity contribution in [2.24, 2.45) is 0 Å². The van der Waals surface area contributed by atoms with Gasteiger partial charge >= 0.3 is 0 Å². The van der Waals surface area contributed by atoms with Gasteiger partial charge in [0.25, 0.3) is 0 Å². The number of rotatable bonds is 16. The molecular formula is C28H44N2O. The van der Waals surface area contributed by atoms with Crippen LogP contribution in [0.25, 0.3) is 0 Å². The third-order valence-electron chi connectivity index (χ3n) is 5.54. The van der Waals surface area contributed by atoms with Crippen molar-refractivity contribution in [2.75, 3.05) is 20.1 Å². The van der Waals surface area contributed by atoms with E-state index in [0.29, 0.717) is 6.04 Å². The average molecular weight is 425 g/mol. The predicted molar refractivity (Wildman–Crippen MR) is 136 cm³/mol. The first-order valence-corrected chi connectivity index (χ1v) is 12.2. The Hall–Kier alpha value is -2.13. The van der Waals surface area contributed by atoms with Gasteiger partial charge in [0.2, 0.25) is 5.91 Å². The summed E-state index contributed by atoms with van der Waals surface area (Å²) in [7, 11) is 2.12. The lowest BCUT2D eigenvalue weighted by atomic mass is 10.1. The summed E-state index contributed by atoms with van der Waals surface area (Å²) in [5.74, 6) is -0.0287. The fourth-order valence-corrected chi connectivity index (χ4v) is 3.56. The highest BCUT2D eigenvalue weighted by atomic mass is 16.1. The standard InChI is InChI=1S/C28H44N2O/c1-3-4-5-6-7-8-9-10-11-12-13-14-15-16-17-18-19-20-21-24-28(31)29-26-27-23-22-25-30(27)2/h11-21,24,27H,3-10,22-23,25-26H2,1-2H3,(H,29,31)/b12-11-,14-13-,16-15-,18-17-,20-19-,24-21-. The summed E-state index contributed by atoms with van der Waals surface area (Å²) in [6, 6.07) is 0.484. The molecule has 1 aliphatic rings. The SMILES string of the molecule is CCCCCCCCC\C=C/C=C\C=C/C=C\C=C/C=C\C(=O)NCC1CCCN1C. The third kappa shape index (κ3) is 16.3. The van der Waals surface area contributed by atoms with E-state index in [0.717, 1.165) is 13.1 Å². The van der Waals surface area contributed by atoms with Crippen molar-refractivity contribution in [3.63, 3.8) is 0 Å². The Balaban J connectivity index is 2.02. The second-order valence-corrected chi connectivity index (χ2v) is 8.26. The molecule has 1 N–H and O–H groups in total. The highest BCUT2D eigenvalue weighted by molar-refractivity contribution is 5.87. The maximum Gasteiger partial charge on any atom is 0.244 e. The summed E-state index contributed by atoms with van der Waals surface area (Å²) < 4.78 is 0. The molecule has 1 rings (SSSR count). The van der Waals surface area contributed by atoms with Crippen molar-refractivity contribution < 1.29 is 4.79 Å². The molecule has 0 saturated carbocycles. The summed E-state index contributed by atoms with van der Waals surface area (Å²) in [4.78, 5) is 14.1. The number of likely N-dealkylation sites (tertiary alicyclic amines) is 1. The lowest BCUT2D eigenvalue weighted by Crippen LogP contribution is -2.37. The first-order chi connectivity index (χ1) is 15.2. The lowest BCUT2D eigenvalue weighted by Gasteiger charge is -2.19. The summed E-state index contributed by atoms with van der Waals surface area (Å²) in [5.41, 5.74) is 0. The molecule has 3 nitrogen and oxygen atoms in total. The molecule has 0 aromatic carbocycles.